The van der Waals surface area contributed by atoms with Crippen molar-refractivity contribution in [3.05, 3.63) is 28.2 Å². The van der Waals surface area contributed by atoms with Gasteiger partial charge in [-0.25, -0.2) is 0 Å². The predicted octanol–water partition coefficient (Wildman–Crippen LogP) is 3.18. The lowest BCUT2D eigenvalue weighted by Crippen LogP contribution is -2.37. The number of rotatable bonds is 7. The molecule has 0 aromatic heterocycles. The van der Waals surface area contributed by atoms with Crippen LogP contribution in [-0.2, 0) is 11.2 Å². The molecule has 2 rings (SSSR count). The summed E-state index contributed by atoms with van der Waals surface area (Å²) in [5.41, 5.74) is 4.18. The molecule has 0 amide bonds. The molecule has 1 heterocycles. The molecule has 1 saturated heterocycles. The van der Waals surface area contributed by atoms with Crippen LogP contribution in [0.25, 0.3) is 0 Å². The summed E-state index contributed by atoms with van der Waals surface area (Å²) in [6.07, 6.45) is 7.11. The van der Waals surface area contributed by atoms with Gasteiger partial charge >= 0.3 is 0 Å². The smallest absolute Gasteiger partial charge is 0.133 e. The van der Waals surface area contributed by atoms with Crippen LogP contribution in [0.5, 0.6) is 5.75 Å². The van der Waals surface area contributed by atoms with Gasteiger partial charge in [0.1, 0.15) is 5.75 Å². The largest absolute Gasteiger partial charge is 0.496 e. The number of methoxy groups -OCH3 is 1. The Hall–Kier alpha value is -0.620. The Morgan fingerprint density at radius 3 is 2.95 bits per heavy atom. The van der Waals surface area contributed by atoms with Crippen molar-refractivity contribution in [1.82, 2.24) is 5.43 Å². The van der Waals surface area contributed by atoms with Crippen molar-refractivity contribution in [3.63, 3.8) is 0 Å². The van der Waals surface area contributed by atoms with E-state index in [1.54, 1.807) is 7.11 Å². The van der Waals surface area contributed by atoms with E-state index in [9.17, 15) is 0 Å². The van der Waals surface area contributed by atoms with Gasteiger partial charge < -0.3 is 9.47 Å². The lowest BCUT2D eigenvalue weighted by atomic mass is 9.98. The van der Waals surface area contributed by atoms with Crippen molar-refractivity contribution < 1.29 is 9.47 Å². The van der Waals surface area contributed by atoms with Crippen LogP contribution < -0.4 is 16.0 Å². The number of hydrazine groups is 1. The zero-order chi connectivity index (χ0) is 15.1. The lowest BCUT2D eigenvalue weighted by molar-refractivity contribution is 0.00858. The average Bonchev–Trinajstić information content (AvgIpc) is 2.52. The lowest BCUT2D eigenvalue weighted by Gasteiger charge is -2.24. The fourth-order valence-electron chi connectivity index (χ4n) is 2.79. The monoisotopic (exact) mass is 356 g/mol. The number of benzene rings is 1. The van der Waals surface area contributed by atoms with Crippen LogP contribution in [0.3, 0.4) is 0 Å². The number of ether oxygens (including phenoxy) is 2. The van der Waals surface area contributed by atoms with E-state index in [0.29, 0.717) is 6.10 Å². The average molecular weight is 357 g/mol. The molecule has 1 aromatic carbocycles. The van der Waals surface area contributed by atoms with Gasteiger partial charge in [-0.05, 0) is 72.2 Å². The highest BCUT2D eigenvalue weighted by Crippen LogP contribution is 2.26. The van der Waals surface area contributed by atoms with Crippen molar-refractivity contribution in [3.8, 4) is 5.75 Å². The Bertz CT molecular complexity index is 436. The number of nitrogens with one attached hydrogen (secondary N) is 1. The van der Waals surface area contributed by atoms with Gasteiger partial charge in [-0.2, -0.15) is 0 Å². The molecule has 0 bridgehead atoms. The first kappa shape index (κ1) is 16.7. The third-order valence-corrected chi connectivity index (χ3v) is 4.66. The van der Waals surface area contributed by atoms with Gasteiger partial charge in [-0.15, -0.1) is 0 Å². The van der Waals surface area contributed by atoms with Crippen LogP contribution >= 0.6 is 15.9 Å². The van der Waals surface area contributed by atoms with E-state index in [-0.39, 0.29) is 6.04 Å². The second-order valence-electron chi connectivity index (χ2n) is 5.60. The maximum atomic E-state index is 5.78. The summed E-state index contributed by atoms with van der Waals surface area (Å²) in [5, 5.41) is 0. The Kier molecular flexibility index (Phi) is 6.96. The molecule has 21 heavy (non-hydrogen) atoms. The maximum absolute atomic E-state index is 5.78. The van der Waals surface area contributed by atoms with E-state index in [4.69, 9.17) is 15.3 Å². The molecular weight excluding hydrogens is 332 g/mol. The molecule has 0 saturated carbocycles. The highest BCUT2D eigenvalue weighted by atomic mass is 79.9. The molecule has 1 aromatic rings. The molecule has 2 unspecified atom stereocenters. The quantitative estimate of drug-likeness (QED) is 0.581. The Labute approximate surface area is 135 Å². The Morgan fingerprint density at radius 2 is 2.33 bits per heavy atom. The summed E-state index contributed by atoms with van der Waals surface area (Å²) in [6, 6.07) is 6.44. The summed E-state index contributed by atoms with van der Waals surface area (Å²) in [7, 11) is 1.67. The minimum Gasteiger partial charge on any atom is -0.496 e. The third kappa shape index (κ3) is 5.25. The molecule has 0 radical (unpaired) electrons. The summed E-state index contributed by atoms with van der Waals surface area (Å²) in [4.78, 5) is 0. The maximum Gasteiger partial charge on any atom is 0.133 e. The SMILES string of the molecule is COc1ccc(CC(CCC2CCCCO2)NN)cc1Br. The van der Waals surface area contributed by atoms with Gasteiger partial charge in [0.2, 0.25) is 0 Å². The van der Waals surface area contributed by atoms with Gasteiger partial charge in [0.25, 0.3) is 0 Å². The van der Waals surface area contributed by atoms with Crippen LogP contribution in [-0.4, -0.2) is 25.9 Å². The first-order valence-electron chi connectivity index (χ1n) is 7.63. The van der Waals surface area contributed by atoms with Crippen molar-refractivity contribution in [2.45, 2.75) is 50.7 Å². The van der Waals surface area contributed by atoms with Gasteiger partial charge in [0.05, 0.1) is 17.7 Å². The minimum absolute atomic E-state index is 0.274. The highest BCUT2D eigenvalue weighted by molar-refractivity contribution is 9.10. The molecule has 0 aliphatic carbocycles. The summed E-state index contributed by atoms with van der Waals surface area (Å²) < 4.78 is 12.0. The first-order chi connectivity index (χ1) is 10.2. The zero-order valence-corrected chi connectivity index (χ0v) is 14.2. The molecule has 0 spiro atoms. The number of hydrogen-bond acceptors (Lipinski definition) is 4. The molecular formula is C16H25BrN2O2. The molecule has 1 fully saturated rings. The van der Waals surface area contributed by atoms with Gasteiger partial charge in [-0.3, -0.25) is 11.3 Å². The molecule has 4 nitrogen and oxygen atoms in total. The van der Waals surface area contributed by atoms with Crippen molar-refractivity contribution in [2.75, 3.05) is 13.7 Å². The van der Waals surface area contributed by atoms with E-state index >= 15 is 0 Å². The van der Waals surface area contributed by atoms with Crippen molar-refractivity contribution in [1.29, 1.82) is 0 Å². The number of hydrogen-bond donors (Lipinski definition) is 2. The fraction of sp³-hybridized carbons (Fsp3) is 0.625. The molecule has 2 atom stereocenters. The fourth-order valence-corrected chi connectivity index (χ4v) is 3.38. The molecule has 1 aliphatic rings. The molecule has 3 N–H and O–H groups in total. The predicted molar refractivity (Wildman–Crippen MR) is 88.3 cm³/mol. The number of halogens is 1. The second-order valence-corrected chi connectivity index (χ2v) is 6.46. The third-order valence-electron chi connectivity index (χ3n) is 4.05. The van der Waals surface area contributed by atoms with Gasteiger partial charge in [-0.1, -0.05) is 6.07 Å². The van der Waals surface area contributed by atoms with Crippen LogP contribution in [0.1, 0.15) is 37.7 Å². The van der Waals surface area contributed by atoms with Crippen LogP contribution in [0, 0.1) is 0 Å². The van der Waals surface area contributed by atoms with Gasteiger partial charge in [0.15, 0.2) is 0 Å². The van der Waals surface area contributed by atoms with E-state index in [1.807, 2.05) is 6.07 Å². The first-order valence-corrected chi connectivity index (χ1v) is 8.42. The molecule has 118 valence electrons. The van der Waals surface area contributed by atoms with Crippen LogP contribution in [0.4, 0.5) is 0 Å². The standard InChI is InChI=1S/C16H25BrN2O2/c1-20-16-8-5-12(11-15(16)17)10-13(19-18)6-7-14-4-2-3-9-21-14/h5,8,11,13-14,19H,2-4,6-7,9-10,18H2,1H3. The zero-order valence-electron chi connectivity index (χ0n) is 12.6. The van der Waals surface area contributed by atoms with Crippen LogP contribution in [0.2, 0.25) is 0 Å². The van der Waals surface area contributed by atoms with Gasteiger partial charge in [0, 0.05) is 12.6 Å². The van der Waals surface area contributed by atoms with E-state index in [2.05, 4.69) is 33.5 Å². The minimum atomic E-state index is 0.274. The second kappa shape index (κ2) is 8.73. The van der Waals surface area contributed by atoms with Crippen LogP contribution in [0.15, 0.2) is 22.7 Å². The summed E-state index contributed by atoms with van der Waals surface area (Å²) >= 11 is 3.52. The molecule has 5 heteroatoms. The summed E-state index contributed by atoms with van der Waals surface area (Å²) in [6.45, 7) is 0.914. The normalized spacial score (nSPS) is 20.2. The van der Waals surface area contributed by atoms with Crippen molar-refractivity contribution >= 4 is 15.9 Å². The van der Waals surface area contributed by atoms with Crippen molar-refractivity contribution in [2.24, 2.45) is 5.84 Å². The molecule has 1 aliphatic heterocycles. The Balaban J connectivity index is 1.84. The van der Waals surface area contributed by atoms with E-state index in [1.165, 1.54) is 24.8 Å². The van der Waals surface area contributed by atoms with E-state index < -0.39 is 0 Å². The van der Waals surface area contributed by atoms with E-state index in [0.717, 1.165) is 36.1 Å². The highest BCUT2D eigenvalue weighted by Gasteiger charge is 2.16. The number of nitrogens with two attached hydrogens (primary N) is 1. The topological polar surface area (TPSA) is 56.5 Å². The summed E-state index contributed by atoms with van der Waals surface area (Å²) in [5.74, 6) is 6.56. The Morgan fingerprint density at radius 1 is 1.48 bits per heavy atom.